The molecule has 0 bridgehead atoms. The third-order valence-electron chi connectivity index (χ3n) is 3.46. The summed E-state index contributed by atoms with van der Waals surface area (Å²) in [5.74, 6) is 1.31. The molecule has 0 radical (unpaired) electrons. The molecule has 1 aromatic carbocycles. The van der Waals surface area contributed by atoms with Crippen molar-refractivity contribution < 1.29 is 14.3 Å². The zero-order chi connectivity index (χ0) is 20.7. The number of alkyl carbamates (subject to hydrolysis) is 1. The van der Waals surface area contributed by atoms with E-state index in [4.69, 9.17) is 21.1 Å². The number of halogens is 1. The number of ether oxygens (including phenoxy) is 2. The lowest BCUT2D eigenvalue weighted by atomic mass is 10.1. The van der Waals surface area contributed by atoms with E-state index in [0.717, 1.165) is 5.56 Å². The molecule has 1 amide bonds. The van der Waals surface area contributed by atoms with Crippen LogP contribution in [0.1, 0.15) is 40.2 Å². The molecule has 0 aliphatic carbocycles. The van der Waals surface area contributed by atoms with Crippen LogP contribution < -0.4 is 20.7 Å². The van der Waals surface area contributed by atoms with Crippen molar-refractivity contribution in [1.29, 1.82) is 0 Å². The van der Waals surface area contributed by atoms with Crippen molar-refractivity contribution in [3.05, 3.63) is 28.8 Å². The maximum atomic E-state index is 12.0. The van der Waals surface area contributed by atoms with Crippen LogP contribution in [0, 0.1) is 0 Å². The van der Waals surface area contributed by atoms with E-state index in [0.29, 0.717) is 29.8 Å². The van der Waals surface area contributed by atoms with E-state index in [1.54, 1.807) is 20.2 Å². The third-order valence-corrected chi connectivity index (χ3v) is 3.69. The summed E-state index contributed by atoms with van der Waals surface area (Å²) in [5.41, 5.74) is -0.114. The first kappa shape index (κ1) is 22.9. The molecule has 0 saturated carbocycles. The number of benzene rings is 1. The van der Waals surface area contributed by atoms with E-state index in [-0.39, 0.29) is 0 Å². The highest BCUT2D eigenvalue weighted by molar-refractivity contribution is 6.30. The van der Waals surface area contributed by atoms with E-state index in [1.165, 1.54) is 0 Å². The fourth-order valence-electron chi connectivity index (χ4n) is 2.19. The molecule has 152 valence electrons. The van der Waals surface area contributed by atoms with Gasteiger partial charge in [-0.25, -0.2) is 4.79 Å². The summed E-state index contributed by atoms with van der Waals surface area (Å²) in [6.45, 7) is 10.3. The van der Waals surface area contributed by atoms with E-state index >= 15 is 0 Å². The molecule has 27 heavy (non-hydrogen) atoms. The van der Waals surface area contributed by atoms with Crippen LogP contribution in [0.5, 0.6) is 5.75 Å². The van der Waals surface area contributed by atoms with Gasteiger partial charge in [-0.15, -0.1) is 0 Å². The first-order valence-corrected chi connectivity index (χ1v) is 9.11. The van der Waals surface area contributed by atoms with Crippen LogP contribution in [0.4, 0.5) is 4.79 Å². The van der Waals surface area contributed by atoms with Gasteiger partial charge in [-0.1, -0.05) is 17.7 Å². The Morgan fingerprint density at radius 3 is 2.41 bits per heavy atom. The minimum absolute atomic E-state index is 0.455. The Morgan fingerprint density at radius 1 is 1.19 bits per heavy atom. The van der Waals surface area contributed by atoms with E-state index in [2.05, 4.69) is 20.9 Å². The summed E-state index contributed by atoms with van der Waals surface area (Å²) in [6, 6.07) is 5.48. The Bertz CT molecular complexity index is 669. The van der Waals surface area contributed by atoms with Crippen molar-refractivity contribution in [2.24, 2.45) is 4.99 Å². The van der Waals surface area contributed by atoms with Gasteiger partial charge in [0.2, 0.25) is 0 Å². The predicted molar refractivity (Wildman–Crippen MR) is 110 cm³/mol. The molecule has 0 aliphatic heterocycles. The zero-order valence-corrected chi connectivity index (χ0v) is 18.0. The molecule has 0 aliphatic rings. The fraction of sp³-hybridized carbons (Fsp3) is 0.579. The number of hydrogen-bond acceptors (Lipinski definition) is 4. The van der Waals surface area contributed by atoms with Crippen LogP contribution in [0.15, 0.2) is 23.2 Å². The highest BCUT2D eigenvalue weighted by atomic mass is 35.5. The lowest BCUT2D eigenvalue weighted by molar-refractivity contribution is 0.0474. The second-order valence-electron chi connectivity index (χ2n) is 7.75. The molecule has 7 nitrogen and oxygen atoms in total. The molecule has 0 heterocycles. The van der Waals surface area contributed by atoms with E-state index in [9.17, 15) is 4.79 Å². The van der Waals surface area contributed by atoms with Gasteiger partial charge < -0.3 is 25.4 Å². The minimum Gasteiger partial charge on any atom is -0.496 e. The average Bonchev–Trinajstić information content (AvgIpc) is 2.53. The van der Waals surface area contributed by atoms with Crippen molar-refractivity contribution in [2.45, 2.75) is 52.3 Å². The minimum atomic E-state index is -0.539. The summed E-state index contributed by atoms with van der Waals surface area (Å²) in [7, 11) is 3.29. The average molecular weight is 399 g/mol. The predicted octanol–water partition coefficient (Wildman–Crippen LogP) is 3.32. The van der Waals surface area contributed by atoms with Gasteiger partial charge in [0.25, 0.3) is 0 Å². The summed E-state index contributed by atoms with van der Waals surface area (Å²) in [6.07, 6.45) is -0.455. The highest BCUT2D eigenvalue weighted by Crippen LogP contribution is 2.22. The second kappa shape index (κ2) is 9.69. The van der Waals surface area contributed by atoms with E-state index < -0.39 is 17.2 Å². The largest absolute Gasteiger partial charge is 0.496 e. The molecule has 8 heteroatoms. The quantitative estimate of drug-likeness (QED) is 0.505. The molecule has 0 spiro atoms. The highest BCUT2D eigenvalue weighted by Gasteiger charge is 2.24. The number of hydrogen-bond donors (Lipinski definition) is 3. The van der Waals surface area contributed by atoms with E-state index in [1.807, 2.05) is 46.8 Å². The Labute approximate surface area is 166 Å². The number of amides is 1. The number of methoxy groups -OCH3 is 1. The molecule has 1 aromatic rings. The van der Waals surface area contributed by atoms with Crippen molar-refractivity contribution >= 4 is 23.7 Å². The molecule has 3 N–H and O–H groups in total. The van der Waals surface area contributed by atoms with Crippen LogP contribution in [0.25, 0.3) is 0 Å². The maximum absolute atomic E-state index is 12.0. The molecule has 0 saturated heterocycles. The summed E-state index contributed by atoms with van der Waals surface area (Å²) in [5, 5.41) is 9.88. The Hall–Kier alpha value is -2.15. The summed E-state index contributed by atoms with van der Waals surface area (Å²) >= 11 is 5.99. The Morgan fingerprint density at radius 2 is 1.85 bits per heavy atom. The topological polar surface area (TPSA) is 84.0 Å². The van der Waals surface area contributed by atoms with Gasteiger partial charge >= 0.3 is 6.09 Å². The number of aliphatic imine (C=N–C) groups is 1. The standard InChI is InChI=1S/C19H31ClN4O3/c1-18(2,3)27-17(25)24-19(4,5)12-23-16(21-6)22-11-13-8-9-14(20)10-15(13)26-7/h8-10H,11-12H2,1-7H3,(H,24,25)(H2,21,22,23). The van der Waals surface area contributed by atoms with Gasteiger partial charge in [0.1, 0.15) is 11.4 Å². The summed E-state index contributed by atoms with van der Waals surface area (Å²) < 4.78 is 10.6. The Kier molecular flexibility index (Phi) is 8.21. The van der Waals surface area contributed by atoms with Crippen LogP contribution in [0.3, 0.4) is 0 Å². The third kappa shape index (κ3) is 8.86. The van der Waals surface area contributed by atoms with Crippen molar-refractivity contribution in [3.8, 4) is 5.75 Å². The number of rotatable bonds is 6. The van der Waals surface area contributed by atoms with Gasteiger partial charge in [-0.05, 0) is 46.8 Å². The molecule has 0 aromatic heterocycles. The van der Waals surface area contributed by atoms with Crippen LogP contribution >= 0.6 is 11.6 Å². The first-order chi connectivity index (χ1) is 12.5. The van der Waals surface area contributed by atoms with Crippen LogP contribution in [-0.4, -0.2) is 43.9 Å². The number of guanidine groups is 1. The van der Waals surface area contributed by atoms with Gasteiger partial charge in [0.05, 0.1) is 12.6 Å². The number of carbonyl (C=O) groups excluding carboxylic acids is 1. The zero-order valence-electron chi connectivity index (χ0n) is 17.2. The fourth-order valence-corrected chi connectivity index (χ4v) is 2.35. The number of carbonyl (C=O) groups is 1. The molecule has 0 fully saturated rings. The molecular weight excluding hydrogens is 368 g/mol. The molecule has 0 atom stereocenters. The second-order valence-corrected chi connectivity index (χ2v) is 8.18. The van der Waals surface area contributed by atoms with Crippen molar-refractivity contribution in [3.63, 3.8) is 0 Å². The number of nitrogens with zero attached hydrogens (tertiary/aromatic N) is 1. The van der Waals surface area contributed by atoms with Crippen LogP contribution in [0.2, 0.25) is 5.02 Å². The van der Waals surface area contributed by atoms with Crippen molar-refractivity contribution in [2.75, 3.05) is 20.7 Å². The van der Waals surface area contributed by atoms with Gasteiger partial charge in [0, 0.05) is 30.7 Å². The molecular formula is C19H31ClN4O3. The lowest BCUT2D eigenvalue weighted by Crippen LogP contribution is -2.54. The maximum Gasteiger partial charge on any atom is 0.408 e. The SMILES string of the molecule is CN=C(NCc1ccc(Cl)cc1OC)NCC(C)(C)NC(=O)OC(C)(C)C. The first-order valence-electron chi connectivity index (χ1n) is 8.74. The van der Waals surface area contributed by atoms with Gasteiger partial charge in [-0.3, -0.25) is 4.99 Å². The van der Waals surface area contributed by atoms with Gasteiger partial charge in [0.15, 0.2) is 5.96 Å². The summed E-state index contributed by atoms with van der Waals surface area (Å²) in [4.78, 5) is 16.2. The van der Waals surface area contributed by atoms with Crippen LogP contribution in [-0.2, 0) is 11.3 Å². The van der Waals surface area contributed by atoms with Gasteiger partial charge in [-0.2, -0.15) is 0 Å². The van der Waals surface area contributed by atoms with Crippen molar-refractivity contribution in [1.82, 2.24) is 16.0 Å². The lowest BCUT2D eigenvalue weighted by Gasteiger charge is -2.29. The molecule has 1 rings (SSSR count). The normalized spacial score (nSPS) is 12.4. The monoisotopic (exact) mass is 398 g/mol. The number of nitrogens with one attached hydrogen (secondary N) is 3. The molecule has 0 unspecified atom stereocenters. The Balaban J connectivity index is 2.58. The smallest absolute Gasteiger partial charge is 0.408 e.